The average molecular weight is 208 g/mol. The number of anilines is 1. The predicted octanol–water partition coefficient (Wildman–Crippen LogP) is -0.0155. The number of H-pyrrole nitrogens is 1. The molecule has 15 heavy (non-hydrogen) atoms. The van der Waals surface area contributed by atoms with Gasteiger partial charge in [0.15, 0.2) is 0 Å². The minimum Gasteiger partial charge on any atom is -0.397 e. The second-order valence-corrected chi connectivity index (χ2v) is 3.94. The number of nitrogens with two attached hydrogens (primary N) is 1. The molecular weight excluding hydrogens is 192 g/mol. The molecule has 1 aromatic rings. The lowest BCUT2D eigenvalue weighted by Gasteiger charge is -2.32. The van der Waals surface area contributed by atoms with Crippen molar-refractivity contribution in [1.82, 2.24) is 14.8 Å². The molecule has 1 saturated heterocycles. The molecule has 1 amide bonds. The van der Waals surface area contributed by atoms with Crippen molar-refractivity contribution in [3.05, 3.63) is 18.0 Å². The number of nitrogens with zero attached hydrogens (tertiary/aromatic N) is 2. The van der Waals surface area contributed by atoms with Gasteiger partial charge in [-0.25, -0.2) is 0 Å². The minimum absolute atomic E-state index is 0.0415. The first-order valence-electron chi connectivity index (χ1n) is 5.08. The first-order chi connectivity index (χ1) is 7.16. The van der Waals surface area contributed by atoms with Gasteiger partial charge in [0.2, 0.25) is 0 Å². The number of carbonyl (C=O) groups excluding carboxylic acids is 1. The van der Waals surface area contributed by atoms with Crippen molar-refractivity contribution in [3.8, 4) is 0 Å². The molecule has 0 aliphatic carbocycles. The Balaban J connectivity index is 2.02. The van der Waals surface area contributed by atoms with Gasteiger partial charge >= 0.3 is 0 Å². The van der Waals surface area contributed by atoms with Crippen LogP contribution in [0.5, 0.6) is 0 Å². The maximum absolute atomic E-state index is 11.9. The molecular formula is C10H16N4O. The summed E-state index contributed by atoms with van der Waals surface area (Å²) >= 11 is 0. The second-order valence-electron chi connectivity index (χ2n) is 3.94. The smallest absolute Gasteiger partial charge is 0.270 e. The Kier molecular flexibility index (Phi) is 2.64. The third-order valence-electron chi connectivity index (χ3n) is 2.73. The Morgan fingerprint density at radius 3 is 2.60 bits per heavy atom. The second kappa shape index (κ2) is 3.94. The van der Waals surface area contributed by atoms with Crippen LogP contribution in [0.3, 0.4) is 0 Å². The van der Waals surface area contributed by atoms with Crippen molar-refractivity contribution in [2.24, 2.45) is 0 Å². The number of carbonyl (C=O) groups is 1. The number of hydrogen-bond acceptors (Lipinski definition) is 3. The van der Waals surface area contributed by atoms with Crippen molar-refractivity contribution in [2.75, 3.05) is 39.0 Å². The SMILES string of the molecule is CN1CCN(C(=O)c2cc(N)c[nH]2)CC1. The summed E-state index contributed by atoms with van der Waals surface area (Å²) in [4.78, 5) is 18.9. The average Bonchev–Trinajstić information content (AvgIpc) is 2.65. The van der Waals surface area contributed by atoms with Crippen LogP contribution < -0.4 is 5.73 Å². The number of aromatic nitrogens is 1. The molecule has 82 valence electrons. The number of rotatable bonds is 1. The summed E-state index contributed by atoms with van der Waals surface area (Å²) in [6.07, 6.45) is 1.64. The molecule has 0 atom stereocenters. The Bertz CT molecular complexity index is 352. The molecule has 0 saturated carbocycles. The molecule has 0 radical (unpaired) electrons. The lowest BCUT2D eigenvalue weighted by molar-refractivity contribution is 0.0659. The summed E-state index contributed by atoms with van der Waals surface area (Å²) in [7, 11) is 2.06. The maximum Gasteiger partial charge on any atom is 0.270 e. The molecule has 0 aromatic carbocycles. The van der Waals surface area contributed by atoms with E-state index in [0.29, 0.717) is 11.4 Å². The van der Waals surface area contributed by atoms with Gasteiger partial charge in [0, 0.05) is 38.1 Å². The van der Waals surface area contributed by atoms with Crippen molar-refractivity contribution in [3.63, 3.8) is 0 Å². The zero-order valence-electron chi connectivity index (χ0n) is 8.86. The Labute approximate surface area is 88.8 Å². The first kappa shape index (κ1) is 10.0. The summed E-state index contributed by atoms with van der Waals surface area (Å²) in [5, 5.41) is 0. The summed E-state index contributed by atoms with van der Waals surface area (Å²) in [6, 6.07) is 1.68. The fourth-order valence-electron chi connectivity index (χ4n) is 1.71. The van der Waals surface area contributed by atoms with Gasteiger partial charge in [-0.2, -0.15) is 0 Å². The molecule has 2 heterocycles. The highest BCUT2D eigenvalue weighted by atomic mass is 16.2. The summed E-state index contributed by atoms with van der Waals surface area (Å²) in [5.41, 5.74) is 6.74. The van der Waals surface area contributed by atoms with Crippen LogP contribution in [0.2, 0.25) is 0 Å². The van der Waals surface area contributed by atoms with E-state index in [4.69, 9.17) is 5.73 Å². The van der Waals surface area contributed by atoms with Gasteiger partial charge in [-0.3, -0.25) is 4.79 Å². The summed E-state index contributed by atoms with van der Waals surface area (Å²) in [6.45, 7) is 3.44. The first-order valence-corrected chi connectivity index (χ1v) is 5.08. The monoisotopic (exact) mass is 208 g/mol. The van der Waals surface area contributed by atoms with Gasteiger partial charge in [-0.05, 0) is 13.1 Å². The molecule has 0 unspecified atom stereocenters. The van der Waals surface area contributed by atoms with Crippen LogP contribution in [0.25, 0.3) is 0 Å². The van der Waals surface area contributed by atoms with Gasteiger partial charge in [-0.1, -0.05) is 0 Å². The molecule has 0 bridgehead atoms. The van der Waals surface area contributed by atoms with Crippen molar-refractivity contribution >= 4 is 11.6 Å². The fourth-order valence-corrected chi connectivity index (χ4v) is 1.71. The van der Waals surface area contributed by atoms with Gasteiger partial charge in [-0.15, -0.1) is 0 Å². The highest BCUT2D eigenvalue weighted by Crippen LogP contribution is 2.09. The molecule has 1 aliphatic heterocycles. The topological polar surface area (TPSA) is 65.4 Å². The standard InChI is InChI=1S/C10H16N4O/c1-13-2-4-14(5-3-13)10(15)9-6-8(11)7-12-9/h6-7,12H,2-5,11H2,1H3. The predicted molar refractivity (Wildman–Crippen MR) is 58.6 cm³/mol. The molecule has 5 heteroatoms. The van der Waals surface area contributed by atoms with E-state index in [9.17, 15) is 4.79 Å². The van der Waals surface area contributed by atoms with Crippen LogP contribution in [0.1, 0.15) is 10.5 Å². The highest BCUT2D eigenvalue weighted by molar-refractivity contribution is 5.93. The Hall–Kier alpha value is -1.49. The lowest BCUT2D eigenvalue weighted by atomic mass is 10.3. The van der Waals surface area contributed by atoms with E-state index in [1.54, 1.807) is 12.3 Å². The molecule has 1 aromatic heterocycles. The van der Waals surface area contributed by atoms with Crippen LogP contribution in [-0.2, 0) is 0 Å². The molecule has 2 rings (SSSR count). The van der Waals surface area contributed by atoms with Crippen LogP contribution in [0.15, 0.2) is 12.3 Å². The Morgan fingerprint density at radius 1 is 1.40 bits per heavy atom. The van der Waals surface area contributed by atoms with Gasteiger partial charge in [0.05, 0.1) is 0 Å². The number of piperazine rings is 1. The highest BCUT2D eigenvalue weighted by Gasteiger charge is 2.20. The van der Waals surface area contributed by atoms with Crippen LogP contribution in [0, 0.1) is 0 Å². The zero-order valence-corrected chi connectivity index (χ0v) is 8.86. The van der Waals surface area contributed by atoms with E-state index < -0.39 is 0 Å². The third kappa shape index (κ3) is 2.12. The normalized spacial score (nSPS) is 18.1. The number of likely N-dealkylation sites (N-methyl/N-ethyl adjacent to an activating group) is 1. The zero-order chi connectivity index (χ0) is 10.8. The number of nitrogen functional groups attached to an aromatic ring is 1. The summed E-state index contributed by atoms with van der Waals surface area (Å²) < 4.78 is 0. The third-order valence-corrected chi connectivity index (χ3v) is 2.73. The van der Waals surface area contributed by atoms with E-state index in [0.717, 1.165) is 26.2 Å². The number of nitrogens with one attached hydrogen (secondary N) is 1. The lowest BCUT2D eigenvalue weighted by Crippen LogP contribution is -2.47. The van der Waals surface area contributed by atoms with Gasteiger partial charge in [0.25, 0.3) is 5.91 Å². The quantitative estimate of drug-likeness (QED) is 0.682. The number of aromatic amines is 1. The van der Waals surface area contributed by atoms with Crippen LogP contribution in [0.4, 0.5) is 5.69 Å². The van der Waals surface area contributed by atoms with Gasteiger partial charge < -0.3 is 20.5 Å². The van der Waals surface area contributed by atoms with Crippen LogP contribution in [-0.4, -0.2) is 53.9 Å². The van der Waals surface area contributed by atoms with Crippen molar-refractivity contribution < 1.29 is 4.79 Å². The van der Waals surface area contributed by atoms with Gasteiger partial charge in [0.1, 0.15) is 5.69 Å². The summed E-state index contributed by atoms with van der Waals surface area (Å²) in [5.74, 6) is 0.0415. The molecule has 5 nitrogen and oxygen atoms in total. The fraction of sp³-hybridized carbons (Fsp3) is 0.500. The van der Waals surface area contributed by atoms with E-state index in [2.05, 4.69) is 16.9 Å². The molecule has 3 N–H and O–H groups in total. The van der Waals surface area contributed by atoms with Crippen molar-refractivity contribution in [1.29, 1.82) is 0 Å². The van der Waals surface area contributed by atoms with E-state index in [1.807, 2.05) is 4.90 Å². The molecule has 1 fully saturated rings. The Morgan fingerprint density at radius 2 is 2.07 bits per heavy atom. The number of amides is 1. The molecule has 0 spiro atoms. The number of hydrogen-bond donors (Lipinski definition) is 2. The van der Waals surface area contributed by atoms with Crippen molar-refractivity contribution in [2.45, 2.75) is 0 Å². The maximum atomic E-state index is 11.9. The largest absolute Gasteiger partial charge is 0.397 e. The van der Waals surface area contributed by atoms with E-state index in [-0.39, 0.29) is 5.91 Å². The molecule has 1 aliphatic rings. The minimum atomic E-state index is 0.0415. The van der Waals surface area contributed by atoms with E-state index in [1.165, 1.54) is 0 Å². The van der Waals surface area contributed by atoms with Crippen LogP contribution >= 0.6 is 0 Å². The van der Waals surface area contributed by atoms with E-state index >= 15 is 0 Å².